The Labute approximate surface area is 493 Å². The number of aromatic carboxylic acids is 1. The minimum Gasteiger partial charge on any atom is -0.478 e. The molecular weight excluding hydrogens is 1130 g/mol. The predicted octanol–water partition coefficient (Wildman–Crippen LogP) is 13.6. The van der Waals surface area contributed by atoms with Crippen LogP contribution < -0.4 is 40.1 Å². The number of carboxylic acid groups (broad SMARTS) is 1. The summed E-state index contributed by atoms with van der Waals surface area (Å²) >= 11 is 12.1. The average molecular weight is 1200 g/mol. The van der Waals surface area contributed by atoms with Gasteiger partial charge in [-0.05, 0) is 133 Å². The zero-order chi connectivity index (χ0) is 59.2. The van der Waals surface area contributed by atoms with E-state index in [1.807, 2.05) is 68.9 Å². The van der Waals surface area contributed by atoms with Crippen LogP contribution in [-0.4, -0.2) is 91.2 Å². The van der Waals surface area contributed by atoms with Gasteiger partial charge in [-0.25, -0.2) is 4.79 Å². The fraction of sp³-hybridized carbons (Fsp3) is 0.333. The number of nitrogens with zero attached hydrogens (tertiary/aromatic N) is 6. The number of nitrogens with one attached hydrogen (secondary N) is 1. The maximum absolute atomic E-state index is 13.2. The molecule has 4 fully saturated rings. The van der Waals surface area contributed by atoms with Crippen molar-refractivity contribution < 1.29 is 50.5 Å². The van der Waals surface area contributed by atoms with Crippen molar-refractivity contribution in [2.45, 2.75) is 59.9 Å². The summed E-state index contributed by atoms with van der Waals surface area (Å²) in [5.41, 5.74) is 17.1. The number of hydrogen-bond donors (Lipinski definition) is 3. The van der Waals surface area contributed by atoms with Crippen molar-refractivity contribution in [2.24, 2.45) is 30.7 Å². The monoisotopic (exact) mass is 1200 g/mol. The number of alkyl halides is 6. The molecule has 0 aliphatic carbocycles. The number of anilines is 4. The second kappa shape index (κ2) is 24.1. The molecule has 21 heteroatoms. The molecule has 4 saturated heterocycles. The molecule has 0 saturated carbocycles. The van der Waals surface area contributed by atoms with Crippen LogP contribution in [0.4, 0.5) is 49.1 Å². The third kappa shape index (κ3) is 13.0. The highest BCUT2D eigenvalue weighted by Crippen LogP contribution is 2.46. The Bertz CT molecular complexity index is 3640. The number of fused-ring (bicyclic) bond motifs is 2. The van der Waals surface area contributed by atoms with E-state index < -0.39 is 18.7 Å². The van der Waals surface area contributed by atoms with Crippen molar-refractivity contribution in [3.8, 4) is 11.5 Å². The summed E-state index contributed by atoms with van der Waals surface area (Å²) < 4.78 is 85.6. The molecule has 12 rings (SSSR count). The van der Waals surface area contributed by atoms with Gasteiger partial charge in [0.05, 0.1) is 11.1 Å². The molecule has 2 aromatic heterocycles. The first-order valence-corrected chi connectivity index (χ1v) is 27.9. The smallest absolute Gasteiger partial charge is 0.478 e. The van der Waals surface area contributed by atoms with Crippen molar-refractivity contribution in [3.63, 3.8) is 0 Å². The van der Waals surface area contributed by atoms with Crippen LogP contribution in [0, 0.1) is 10.8 Å². The first kappa shape index (κ1) is 60.8. The van der Waals surface area contributed by atoms with Gasteiger partial charge in [-0.1, -0.05) is 68.7 Å². The van der Waals surface area contributed by atoms with E-state index in [0.717, 1.165) is 115 Å². The number of rotatable bonds is 13. The average Bonchev–Trinajstić information content (AvgIpc) is 1.21. The highest BCUT2D eigenvalue weighted by Gasteiger charge is 2.53. The topological polar surface area (TPSA) is 134 Å². The molecule has 6 aromatic carbocycles. The Kier molecular flexibility index (Phi) is 17.4. The van der Waals surface area contributed by atoms with Crippen molar-refractivity contribution in [2.75, 3.05) is 72.0 Å². The number of aryl methyl sites for hydroxylation is 2. The maximum Gasteiger partial charge on any atom is 0.573 e. The number of amides is 1. The summed E-state index contributed by atoms with van der Waals surface area (Å²) in [5.74, 6) is -1.41. The van der Waals surface area contributed by atoms with Crippen LogP contribution in [0.1, 0.15) is 64.5 Å². The highest BCUT2D eigenvalue weighted by atomic mass is 35.5. The molecule has 2 spiro atoms. The van der Waals surface area contributed by atoms with Gasteiger partial charge in [-0.3, -0.25) is 4.79 Å². The van der Waals surface area contributed by atoms with Crippen molar-refractivity contribution in [1.82, 2.24) is 14.5 Å². The van der Waals surface area contributed by atoms with E-state index in [4.69, 9.17) is 28.9 Å². The lowest BCUT2D eigenvalue weighted by molar-refractivity contribution is -0.275. The molecule has 8 aromatic rings. The lowest BCUT2D eigenvalue weighted by Gasteiger charge is -2.61. The van der Waals surface area contributed by atoms with Gasteiger partial charge in [0.25, 0.3) is 5.91 Å². The molecule has 1 amide bonds. The predicted molar refractivity (Wildman–Crippen MR) is 320 cm³/mol. The summed E-state index contributed by atoms with van der Waals surface area (Å²) in [6.45, 7) is 12.4. The summed E-state index contributed by atoms with van der Waals surface area (Å²) in [7, 11) is 3.85. The molecule has 6 heterocycles. The molecule has 4 aliphatic heterocycles. The Morgan fingerprint density at radius 2 is 0.881 bits per heavy atom. The van der Waals surface area contributed by atoms with E-state index in [0.29, 0.717) is 46.1 Å². The minimum atomic E-state index is -4.69. The van der Waals surface area contributed by atoms with Crippen LogP contribution in [0.15, 0.2) is 133 Å². The SMILES string of the molecule is C.CCc1c(C(=O)NCc2ccc(N3CC4(C3)CN(c3ccc(OC(F)(F)F)cc3)C4)cc2)c2cc(Cl)ccc2n1C.CCc1c(C(=O)O)c2cc(Cl)ccc2n1C.NCc1ccc(N2CC3(C2)CN(c2ccc(OC(F)(F)F)cc2)C3)cc1. The lowest BCUT2D eigenvalue weighted by Crippen LogP contribution is -2.72. The van der Waals surface area contributed by atoms with Gasteiger partial charge in [-0.15, -0.1) is 26.3 Å². The third-order valence-corrected chi connectivity index (χ3v) is 16.5. The molecule has 0 unspecified atom stereocenters. The van der Waals surface area contributed by atoms with Crippen LogP contribution in [-0.2, 0) is 40.0 Å². The first-order chi connectivity index (χ1) is 39.5. The van der Waals surface area contributed by atoms with Gasteiger partial charge in [0.2, 0.25) is 0 Å². The van der Waals surface area contributed by atoms with Crippen molar-refractivity contribution >= 4 is 79.6 Å². The number of benzene rings is 6. The Hall–Kier alpha value is -7.74. The number of hydrogen-bond acceptors (Lipinski definition) is 9. The van der Waals surface area contributed by atoms with Crippen molar-refractivity contribution in [1.29, 1.82) is 0 Å². The highest BCUT2D eigenvalue weighted by molar-refractivity contribution is 6.32. The van der Waals surface area contributed by atoms with Crippen LogP contribution in [0.2, 0.25) is 10.0 Å². The number of carbonyl (C=O) groups excluding carboxylic acids is 1. The number of ether oxygens (including phenoxy) is 2. The van der Waals surface area contributed by atoms with E-state index in [9.17, 15) is 41.0 Å². The van der Waals surface area contributed by atoms with E-state index in [1.54, 1.807) is 36.4 Å². The van der Waals surface area contributed by atoms with Crippen LogP contribution >= 0.6 is 23.2 Å². The molecule has 4 N–H and O–H groups in total. The molecule has 0 atom stereocenters. The fourth-order valence-corrected chi connectivity index (χ4v) is 12.4. The number of aromatic nitrogens is 2. The number of carbonyl (C=O) groups is 2. The molecule has 444 valence electrons. The second-order valence-corrected chi connectivity index (χ2v) is 22.7. The molecule has 0 radical (unpaired) electrons. The molecular formula is C63H66Cl2F6N8O5. The van der Waals surface area contributed by atoms with E-state index in [2.05, 4.69) is 75.4 Å². The molecule has 13 nitrogen and oxygen atoms in total. The first-order valence-electron chi connectivity index (χ1n) is 27.1. The Morgan fingerprint density at radius 1 is 0.548 bits per heavy atom. The van der Waals surface area contributed by atoms with E-state index in [-0.39, 0.29) is 35.7 Å². The lowest BCUT2D eigenvalue weighted by atomic mass is 9.72. The summed E-state index contributed by atoms with van der Waals surface area (Å²) in [4.78, 5) is 33.5. The summed E-state index contributed by atoms with van der Waals surface area (Å²) in [5, 5.41) is 15.1. The zero-order valence-corrected chi connectivity index (χ0v) is 47.6. The standard InChI is InChI=1S/C31H30ClF3N4O2.C19H20F3N3O.C12H12ClNO2.CH4/c1-3-26-28(25-14-21(32)6-13-27(25)37(26)2)29(40)36-15-20-4-7-22(8-5-20)38-16-30(17-38)18-39(19-30)23-9-11-24(12-10-23)41-31(33,34)35;20-19(21,22)26-17-7-5-16(6-8-17)25-12-18(13-25)10-24(11-18)15-3-1-14(9-23)2-4-15;1-3-9-11(12(15)16)8-6-7(13)4-5-10(8)14(9)2;/h4-14H,3,15-19H2,1-2H3,(H,36,40);1-8H,9-13,23H2;4-6H,3H2,1-2H3,(H,15,16);1H4. The van der Waals surface area contributed by atoms with E-state index in [1.165, 1.54) is 30.0 Å². The third-order valence-electron chi connectivity index (χ3n) is 16.0. The maximum atomic E-state index is 13.2. The van der Waals surface area contributed by atoms with Crippen molar-refractivity contribution in [3.05, 3.63) is 177 Å². The van der Waals surface area contributed by atoms with Gasteiger partial charge >= 0.3 is 18.7 Å². The normalized spacial score (nSPS) is 15.6. The van der Waals surface area contributed by atoms with Gasteiger partial charge in [-0.2, -0.15) is 0 Å². The zero-order valence-electron chi connectivity index (χ0n) is 46.1. The van der Waals surface area contributed by atoms with Gasteiger partial charge in [0.1, 0.15) is 11.5 Å². The molecule has 4 aliphatic rings. The van der Waals surface area contributed by atoms with Crippen LogP contribution in [0.3, 0.4) is 0 Å². The Balaban J connectivity index is 0.000000167. The minimum absolute atomic E-state index is 0. The summed E-state index contributed by atoms with van der Waals surface area (Å²) in [6.07, 6.45) is -7.92. The molecule has 84 heavy (non-hydrogen) atoms. The van der Waals surface area contributed by atoms with Crippen LogP contribution in [0.5, 0.6) is 11.5 Å². The number of halogens is 8. The van der Waals surface area contributed by atoms with Gasteiger partial charge in [0, 0.05) is 156 Å². The van der Waals surface area contributed by atoms with Gasteiger partial charge < -0.3 is 54.4 Å². The largest absolute Gasteiger partial charge is 0.573 e. The number of carboxylic acids is 1. The van der Waals surface area contributed by atoms with E-state index >= 15 is 0 Å². The summed E-state index contributed by atoms with van der Waals surface area (Å²) in [6, 6.07) is 39.6. The van der Waals surface area contributed by atoms with Crippen LogP contribution in [0.25, 0.3) is 21.8 Å². The number of nitrogens with two attached hydrogens (primary N) is 1. The quantitative estimate of drug-likeness (QED) is 0.0958. The fourth-order valence-electron chi connectivity index (χ4n) is 12.1. The van der Waals surface area contributed by atoms with Gasteiger partial charge in [0.15, 0.2) is 0 Å². The Morgan fingerprint density at radius 3 is 1.21 bits per heavy atom. The second-order valence-electron chi connectivity index (χ2n) is 21.8. The molecule has 0 bridgehead atoms.